The van der Waals surface area contributed by atoms with E-state index < -0.39 is 5.97 Å². The van der Waals surface area contributed by atoms with Crippen LogP contribution in [0.15, 0.2) is 0 Å². The molecular weight excluding hydrogens is 208 g/mol. The SMILES string of the molecule is CCCNC(=O)NC1CCCC(C(=O)O)C1. The van der Waals surface area contributed by atoms with Crippen LogP contribution in [0.25, 0.3) is 0 Å². The van der Waals surface area contributed by atoms with Crippen molar-refractivity contribution in [3.05, 3.63) is 0 Å². The fourth-order valence-electron chi connectivity index (χ4n) is 2.02. The predicted octanol–water partition coefficient (Wildman–Crippen LogP) is 1.34. The van der Waals surface area contributed by atoms with Crippen molar-refractivity contribution in [3.8, 4) is 0 Å². The fraction of sp³-hybridized carbons (Fsp3) is 0.818. The Morgan fingerprint density at radius 1 is 1.38 bits per heavy atom. The van der Waals surface area contributed by atoms with Crippen molar-refractivity contribution in [2.75, 3.05) is 6.54 Å². The van der Waals surface area contributed by atoms with Crippen LogP contribution in [-0.4, -0.2) is 29.7 Å². The molecule has 0 aromatic heterocycles. The Morgan fingerprint density at radius 2 is 2.12 bits per heavy atom. The van der Waals surface area contributed by atoms with Gasteiger partial charge in [-0.15, -0.1) is 0 Å². The summed E-state index contributed by atoms with van der Waals surface area (Å²) >= 11 is 0. The number of nitrogens with one attached hydrogen (secondary N) is 2. The molecular formula is C11H20N2O3. The lowest BCUT2D eigenvalue weighted by molar-refractivity contribution is -0.143. The van der Waals surface area contributed by atoms with Crippen molar-refractivity contribution < 1.29 is 14.7 Å². The van der Waals surface area contributed by atoms with Gasteiger partial charge in [0.2, 0.25) is 0 Å². The van der Waals surface area contributed by atoms with E-state index in [-0.39, 0.29) is 18.0 Å². The summed E-state index contributed by atoms with van der Waals surface area (Å²) < 4.78 is 0. The zero-order chi connectivity index (χ0) is 12.0. The van der Waals surface area contributed by atoms with Gasteiger partial charge < -0.3 is 15.7 Å². The first-order valence-electron chi connectivity index (χ1n) is 5.90. The molecule has 1 saturated carbocycles. The normalized spacial score (nSPS) is 24.8. The van der Waals surface area contributed by atoms with Crippen LogP contribution >= 0.6 is 0 Å². The second-order valence-electron chi connectivity index (χ2n) is 4.30. The molecule has 0 bridgehead atoms. The monoisotopic (exact) mass is 228 g/mol. The number of amides is 2. The molecule has 92 valence electrons. The lowest BCUT2D eigenvalue weighted by Crippen LogP contribution is -2.45. The Balaban J connectivity index is 2.31. The van der Waals surface area contributed by atoms with E-state index in [1.165, 1.54) is 0 Å². The van der Waals surface area contributed by atoms with Crippen molar-refractivity contribution in [3.63, 3.8) is 0 Å². The Bertz CT molecular complexity index is 256. The van der Waals surface area contributed by atoms with E-state index >= 15 is 0 Å². The second kappa shape index (κ2) is 6.35. The zero-order valence-electron chi connectivity index (χ0n) is 9.66. The minimum Gasteiger partial charge on any atom is -0.481 e. The summed E-state index contributed by atoms with van der Waals surface area (Å²) in [7, 11) is 0. The molecule has 0 radical (unpaired) electrons. The van der Waals surface area contributed by atoms with Gasteiger partial charge in [0, 0.05) is 12.6 Å². The molecule has 0 aromatic rings. The van der Waals surface area contributed by atoms with E-state index in [4.69, 9.17) is 5.11 Å². The number of carbonyl (C=O) groups excluding carboxylic acids is 1. The number of rotatable bonds is 4. The molecule has 3 N–H and O–H groups in total. The van der Waals surface area contributed by atoms with E-state index in [9.17, 15) is 9.59 Å². The predicted molar refractivity (Wildman–Crippen MR) is 60.2 cm³/mol. The van der Waals surface area contributed by atoms with Crippen molar-refractivity contribution in [1.82, 2.24) is 10.6 Å². The first-order valence-corrected chi connectivity index (χ1v) is 5.90. The van der Waals surface area contributed by atoms with Crippen LogP contribution in [0.2, 0.25) is 0 Å². The average Bonchev–Trinajstić information content (AvgIpc) is 2.26. The molecule has 0 spiro atoms. The Morgan fingerprint density at radius 3 is 2.75 bits per heavy atom. The van der Waals surface area contributed by atoms with Crippen molar-refractivity contribution in [1.29, 1.82) is 0 Å². The van der Waals surface area contributed by atoms with Gasteiger partial charge in [0.15, 0.2) is 0 Å². The molecule has 5 heteroatoms. The summed E-state index contributed by atoms with van der Waals surface area (Å²) in [4.78, 5) is 22.2. The topological polar surface area (TPSA) is 78.4 Å². The summed E-state index contributed by atoms with van der Waals surface area (Å²) in [5, 5.41) is 14.5. The van der Waals surface area contributed by atoms with Crippen LogP contribution in [0.1, 0.15) is 39.0 Å². The number of carboxylic acid groups (broad SMARTS) is 1. The fourth-order valence-corrected chi connectivity index (χ4v) is 2.02. The molecule has 1 aliphatic rings. The quantitative estimate of drug-likeness (QED) is 0.679. The van der Waals surface area contributed by atoms with Crippen LogP contribution in [0.3, 0.4) is 0 Å². The summed E-state index contributed by atoms with van der Waals surface area (Å²) in [6, 6.07) is -0.176. The Kier molecular flexibility index (Phi) is 5.08. The van der Waals surface area contributed by atoms with Gasteiger partial charge in [0.1, 0.15) is 0 Å². The van der Waals surface area contributed by atoms with E-state index in [1.807, 2.05) is 6.92 Å². The number of hydrogen-bond donors (Lipinski definition) is 3. The molecule has 1 aliphatic carbocycles. The highest BCUT2D eigenvalue weighted by atomic mass is 16.4. The third-order valence-corrected chi connectivity index (χ3v) is 2.89. The van der Waals surface area contributed by atoms with Gasteiger partial charge in [-0.3, -0.25) is 4.79 Å². The largest absolute Gasteiger partial charge is 0.481 e. The van der Waals surface area contributed by atoms with Gasteiger partial charge >= 0.3 is 12.0 Å². The molecule has 5 nitrogen and oxygen atoms in total. The third kappa shape index (κ3) is 4.08. The highest BCUT2D eigenvalue weighted by Crippen LogP contribution is 2.24. The van der Waals surface area contributed by atoms with Gasteiger partial charge in [0.05, 0.1) is 5.92 Å². The minimum absolute atomic E-state index is 0.00621. The van der Waals surface area contributed by atoms with Crippen molar-refractivity contribution in [2.45, 2.75) is 45.1 Å². The lowest BCUT2D eigenvalue weighted by Gasteiger charge is -2.27. The van der Waals surface area contributed by atoms with Crippen LogP contribution in [-0.2, 0) is 4.79 Å². The van der Waals surface area contributed by atoms with Crippen molar-refractivity contribution >= 4 is 12.0 Å². The number of urea groups is 1. The number of carbonyl (C=O) groups is 2. The smallest absolute Gasteiger partial charge is 0.315 e. The molecule has 0 saturated heterocycles. The average molecular weight is 228 g/mol. The highest BCUT2D eigenvalue weighted by Gasteiger charge is 2.27. The van der Waals surface area contributed by atoms with E-state index in [0.717, 1.165) is 25.7 Å². The van der Waals surface area contributed by atoms with Gasteiger partial charge in [-0.2, -0.15) is 0 Å². The van der Waals surface area contributed by atoms with E-state index in [0.29, 0.717) is 13.0 Å². The van der Waals surface area contributed by atoms with Crippen LogP contribution in [0.5, 0.6) is 0 Å². The molecule has 2 atom stereocenters. The molecule has 1 fully saturated rings. The standard InChI is InChI=1S/C11H20N2O3/c1-2-6-12-11(16)13-9-5-3-4-8(7-9)10(14)15/h8-9H,2-7H2,1H3,(H,14,15)(H2,12,13,16). The molecule has 0 aliphatic heterocycles. The summed E-state index contributed by atoms with van der Waals surface area (Å²) in [6.45, 7) is 2.64. The summed E-state index contributed by atoms with van der Waals surface area (Å²) in [6.07, 6.45) is 3.92. The van der Waals surface area contributed by atoms with Gasteiger partial charge in [-0.1, -0.05) is 13.3 Å². The first-order chi connectivity index (χ1) is 7.63. The lowest BCUT2D eigenvalue weighted by atomic mass is 9.86. The second-order valence-corrected chi connectivity index (χ2v) is 4.30. The maximum absolute atomic E-state index is 11.4. The Labute approximate surface area is 95.6 Å². The van der Waals surface area contributed by atoms with Gasteiger partial charge in [-0.05, 0) is 25.7 Å². The molecule has 0 heterocycles. The summed E-state index contributed by atoms with van der Waals surface area (Å²) in [5.74, 6) is -1.05. The number of aliphatic carboxylic acids is 1. The minimum atomic E-state index is -0.750. The zero-order valence-corrected chi connectivity index (χ0v) is 9.66. The first kappa shape index (κ1) is 12.8. The third-order valence-electron chi connectivity index (χ3n) is 2.89. The van der Waals surface area contributed by atoms with Crippen LogP contribution in [0, 0.1) is 5.92 Å². The maximum atomic E-state index is 11.4. The highest BCUT2D eigenvalue weighted by molar-refractivity contribution is 5.74. The molecule has 0 aromatic carbocycles. The number of hydrogen-bond acceptors (Lipinski definition) is 2. The van der Waals surface area contributed by atoms with Crippen LogP contribution in [0.4, 0.5) is 4.79 Å². The molecule has 2 amide bonds. The maximum Gasteiger partial charge on any atom is 0.315 e. The van der Waals surface area contributed by atoms with Gasteiger partial charge in [-0.25, -0.2) is 4.79 Å². The molecule has 2 unspecified atom stereocenters. The van der Waals surface area contributed by atoms with Crippen molar-refractivity contribution in [2.24, 2.45) is 5.92 Å². The summed E-state index contributed by atoms with van der Waals surface area (Å²) in [5.41, 5.74) is 0. The van der Waals surface area contributed by atoms with E-state index in [2.05, 4.69) is 10.6 Å². The Hall–Kier alpha value is -1.26. The van der Waals surface area contributed by atoms with E-state index in [1.54, 1.807) is 0 Å². The molecule has 1 rings (SSSR count). The van der Waals surface area contributed by atoms with Crippen LogP contribution < -0.4 is 10.6 Å². The molecule has 16 heavy (non-hydrogen) atoms. The van der Waals surface area contributed by atoms with Gasteiger partial charge in [0.25, 0.3) is 0 Å². The number of carboxylic acids is 1.